The van der Waals surface area contributed by atoms with Gasteiger partial charge < -0.3 is 15.3 Å². The van der Waals surface area contributed by atoms with Gasteiger partial charge in [0.2, 0.25) is 0 Å². The minimum absolute atomic E-state index is 0.0205. The Morgan fingerprint density at radius 3 is 2.22 bits per heavy atom. The van der Waals surface area contributed by atoms with E-state index in [0.717, 1.165) is 4.57 Å². The van der Waals surface area contributed by atoms with Crippen LogP contribution in [0, 0.1) is 0 Å². The number of rotatable bonds is 3. The molecular weight excluding hydrogens is 238 g/mol. The standard InChI is InChI=1S/C12H9NO5/c14-6-7-1-2-8(12(17)18)9(5-7)13-10(15)3-4-11(13)16/h1-6,15-16H,(H,17,18). The zero-order chi connectivity index (χ0) is 13.3. The number of aromatic carboxylic acids is 1. The Hall–Kier alpha value is -2.76. The van der Waals surface area contributed by atoms with E-state index in [9.17, 15) is 19.8 Å². The lowest BCUT2D eigenvalue weighted by molar-refractivity contribution is 0.0696. The molecule has 1 heterocycles. The van der Waals surface area contributed by atoms with Crippen molar-refractivity contribution in [3.8, 4) is 17.4 Å². The Balaban J connectivity index is 2.75. The zero-order valence-electron chi connectivity index (χ0n) is 9.07. The lowest BCUT2D eigenvalue weighted by atomic mass is 10.1. The highest BCUT2D eigenvalue weighted by Crippen LogP contribution is 2.29. The summed E-state index contributed by atoms with van der Waals surface area (Å²) in [5, 5.41) is 28.2. The molecule has 0 amide bonds. The lowest BCUT2D eigenvalue weighted by Crippen LogP contribution is -2.05. The van der Waals surface area contributed by atoms with E-state index >= 15 is 0 Å². The molecule has 0 fully saturated rings. The summed E-state index contributed by atoms with van der Waals surface area (Å²) in [5.41, 5.74) is 0.122. The second-order valence-corrected chi connectivity index (χ2v) is 3.58. The molecule has 0 aliphatic heterocycles. The average molecular weight is 247 g/mol. The van der Waals surface area contributed by atoms with E-state index in [0.29, 0.717) is 6.29 Å². The van der Waals surface area contributed by atoms with Crippen LogP contribution in [0.3, 0.4) is 0 Å². The molecule has 0 saturated heterocycles. The Labute approximate surface area is 101 Å². The van der Waals surface area contributed by atoms with Gasteiger partial charge in [0.15, 0.2) is 11.8 Å². The predicted molar refractivity (Wildman–Crippen MR) is 61.4 cm³/mol. The Morgan fingerprint density at radius 1 is 1.11 bits per heavy atom. The maximum Gasteiger partial charge on any atom is 0.337 e. The monoisotopic (exact) mass is 247 g/mol. The summed E-state index contributed by atoms with van der Waals surface area (Å²) in [7, 11) is 0. The molecule has 92 valence electrons. The fourth-order valence-electron chi connectivity index (χ4n) is 1.65. The van der Waals surface area contributed by atoms with Crippen LogP contribution in [-0.2, 0) is 0 Å². The molecule has 6 nitrogen and oxygen atoms in total. The number of benzene rings is 1. The van der Waals surface area contributed by atoms with Gasteiger partial charge in [-0.1, -0.05) is 6.07 Å². The molecule has 0 aliphatic carbocycles. The molecule has 3 N–H and O–H groups in total. The van der Waals surface area contributed by atoms with Crippen LogP contribution in [-0.4, -0.2) is 32.1 Å². The van der Waals surface area contributed by atoms with Crippen molar-refractivity contribution in [2.45, 2.75) is 0 Å². The van der Waals surface area contributed by atoms with Crippen LogP contribution in [0.1, 0.15) is 20.7 Å². The fraction of sp³-hybridized carbons (Fsp3) is 0. The van der Waals surface area contributed by atoms with Crippen molar-refractivity contribution in [3.05, 3.63) is 41.5 Å². The number of aromatic hydroxyl groups is 2. The summed E-state index contributed by atoms with van der Waals surface area (Å²) in [6, 6.07) is 6.29. The first-order valence-electron chi connectivity index (χ1n) is 4.97. The van der Waals surface area contributed by atoms with Gasteiger partial charge in [-0.25, -0.2) is 4.79 Å². The van der Waals surface area contributed by atoms with Gasteiger partial charge in [0, 0.05) is 17.7 Å². The van der Waals surface area contributed by atoms with E-state index < -0.39 is 5.97 Å². The molecule has 0 radical (unpaired) electrons. The summed E-state index contributed by atoms with van der Waals surface area (Å²) in [4.78, 5) is 21.8. The molecule has 0 spiro atoms. The summed E-state index contributed by atoms with van der Waals surface area (Å²) < 4.78 is 0.941. The van der Waals surface area contributed by atoms with Crippen LogP contribution < -0.4 is 0 Å². The number of nitrogens with zero attached hydrogens (tertiary/aromatic N) is 1. The van der Waals surface area contributed by atoms with Crippen molar-refractivity contribution in [3.63, 3.8) is 0 Å². The topological polar surface area (TPSA) is 99.8 Å². The number of carboxylic acid groups (broad SMARTS) is 1. The van der Waals surface area contributed by atoms with Crippen LogP contribution >= 0.6 is 0 Å². The van der Waals surface area contributed by atoms with E-state index in [4.69, 9.17) is 5.11 Å². The van der Waals surface area contributed by atoms with Crippen molar-refractivity contribution in [2.24, 2.45) is 0 Å². The van der Waals surface area contributed by atoms with Crippen LogP contribution in [0.25, 0.3) is 5.69 Å². The van der Waals surface area contributed by atoms with Crippen molar-refractivity contribution >= 4 is 12.3 Å². The predicted octanol–water partition coefficient (Wildman–Crippen LogP) is 1.40. The third-order valence-electron chi connectivity index (χ3n) is 2.47. The van der Waals surface area contributed by atoms with Gasteiger partial charge in [-0.3, -0.25) is 9.36 Å². The first-order valence-corrected chi connectivity index (χ1v) is 4.97. The minimum Gasteiger partial charge on any atom is -0.494 e. The van der Waals surface area contributed by atoms with E-state index in [2.05, 4.69) is 0 Å². The highest BCUT2D eigenvalue weighted by molar-refractivity contribution is 5.93. The second kappa shape index (κ2) is 4.25. The average Bonchev–Trinajstić information content (AvgIpc) is 2.68. The van der Waals surface area contributed by atoms with Gasteiger partial charge >= 0.3 is 5.97 Å². The minimum atomic E-state index is -1.23. The number of carboxylic acids is 1. The second-order valence-electron chi connectivity index (χ2n) is 3.58. The molecule has 0 atom stereocenters. The van der Waals surface area contributed by atoms with Gasteiger partial charge in [0.25, 0.3) is 0 Å². The molecule has 18 heavy (non-hydrogen) atoms. The Bertz CT molecular complexity index is 610. The number of hydrogen-bond acceptors (Lipinski definition) is 4. The molecule has 0 bridgehead atoms. The number of aromatic nitrogens is 1. The van der Waals surface area contributed by atoms with Crippen LogP contribution in [0.2, 0.25) is 0 Å². The number of hydrogen-bond donors (Lipinski definition) is 3. The van der Waals surface area contributed by atoms with Crippen molar-refractivity contribution in [2.75, 3.05) is 0 Å². The summed E-state index contributed by atoms with van der Waals surface area (Å²) >= 11 is 0. The highest BCUT2D eigenvalue weighted by Gasteiger charge is 2.17. The maximum absolute atomic E-state index is 11.1. The maximum atomic E-state index is 11.1. The van der Waals surface area contributed by atoms with E-state index in [1.807, 2.05) is 0 Å². The van der Waals surface area contributed by atoms with E-state index in [-0.39, 0.29) is 28.6 Å². The molecule has 0 saturated carbocycles. The van der Waals surface area contributed by atoms with Gasteiger partial charge in [-0.05, 0) is 12.1 Å². The highest BCUT2D eigenvalue weighted by atomic mass is 16.4. The van der Waals surface area contributed by atoms with Crippen molar-refractivity contribution in [1.82, 2.24) is 4.57 Å². The largest absolute Gasteiger partial charge is 0.494 e. The third-order valence-corrected chi connectivity index (χ3v) is 2.47. The third kappa shape index (κ3) is 1.80. The van der Waals surface area contributed by atoms with E-state index in [1.54, 1.807) is 0 Å². The molecule has 6 heteroatoms. The van der Waals surface area contributed by atoms with Gasteiger partial charge in [-0.2, -0.15) is 0 Å². The van der Waals surface area contributed by atoms with Gasteiger partial charge in [-0.15, -0.1) is 0 Å². The van der Waals surface area contributed by atoms with Crippen LogP contribution in [0.5, 0.6) is 11.8 Å². The molecular formula is C12H9NO5. The molecule has 1 aromatic carbocycles. The number of carbonyl (C=O) groups excluding carboxylic acids is 1. The smallest absolute Gasteiger partial charge is 0.337 e. The van der Waals surface area contributed by atoms with Crippen molar-refractivity contribution < 1.29 is 24.9 Å². The summed E-state index contributed by atoms with van der Waals surface area (Å²) in [6.07, 6.45) is 0.548. The fourth-order valence-corrected chi connectivity index (χ4v) is 1.65. The molecule has 0 unspecified atom stereocenters. The Morgan fingerprint density at radius 2 is 1.72 bits per heavy atom. The molecule has 0 aliphatic rings. The first-order chi connectivity index (χ1) is 8.54. The van der Waals surface area contributed by atoms with Crippen molar-refractivity contribution in [1.29, 1.82) is 0 Å². The SMILES string of the molecule is O=Cc1ccc(C(=O)O)c(-n2c(O)ccc2O)c1. The number of aldehydes is 1. The Kier molecular flexibility index (Phi) is 2.77. The zero-order valence-corrected chi connectivity index (χ0v) is 9.07. The quantitative estimate of drug-likeness (QED) is 0.712. The molecule has 2 aromatic rings. The van der Waals surface area contributed by atoms with Crippen LogP contribution in [0.4, 0.5) is 0 Å². The molecule has 2 rings (SSSR count). The first kappa shape index (κ1) is 11.7. The lowest BCUT2D eigenvalue weighted by Gasteiger charge is -2.10. The van der Waals surface area contributed by atoms with Crippen LogP contribution in [0.15, 0.2) is 30.3 Å². The van der Waals surface area contributed by atoms with Gasteiger partial charge in [0.05, 0.1) is 11.3 Å². The normalized spacial score (nSPS) is 10.2. The summed E-state index contributed by atoms with van der Waals surface area (Å²) in [6.45, 7) is 0. The number of carbonyl (C=O) groups is 2. The molecule has 1 aromatic heterocycles. The van der Waals surface area contributed by atoms with Gasteiger partial charge in [0.1, 0.15) is 6.29 Å². The van der Waals surface area contributed by atoms with E-state index in [1.165, 1.54) is 30.3 Å². The summed E-state index contributed by atoms with van der Waals surface area (Å²) in [5.74, 6) is -1.87.